The minimum atomic E-state index is 0.519. The van der Waals surface area contributed by atoms with Crippen LogP contribution in [0.5, 0.6) is 0 Å². The predicted octanol–water partition coefficient (Wildman–Crippen LogP) is 3.50. The summed E-state index contributed by atoms with van der Waals surface area (Å²) in [7, 11) is 1.88. The number of hydrogen-bond donors (Lipinski definition) is 0. The molecule has 72 valence electrons. The highest BCUT2D eigenvalue weighted by molar-refractivity contribution is 9.10. The Kier molecular flexibility index (Phi) is 2.61. The molecular weight excluding hydrogens is 263 g/mol. The van der Waals surface area contributed by atoms with Gasteiger partial charge in [0.05, 0.1) is 5.69 Å². The van der Waals surface area contributed by atoms with E-state index in [9.17, 15) is 0 Å². The Labute approximate surface area is 95.6 Å². The third-order valence-electron chi connectivity index (χ3n) is 1.99. The molecule has 0 unspecified atom stereocenters. The number of hydrogen-bond acceptors (Lipinski definition) is 1. The smallest absolute Gasteiger partial charge is 0.151 e. The van der Waals surface area contributed by atoms with Crippen LogP contribution in [-0.2, 0) is 7.05 Å². The molecule has 1 aromatic heterocycles. The van der Waals surface area contributed by atoms with E-state index >= 15 is 0 Å². The van der Waals surface area contributed by atoms with Gasteiger partial charge in [-0.2, -0.15) is 5.10 Å². The molecule has 0 radical (unpaired) electrons. The van der Waals surface area contributed by atoms with Crippen molar-refractivity contribution in [1.29, 1.82) is 0 Å². The maximum absolute atomic E-state index is 5.81. The van der Waals surface area contributed by atoms with Gasteiger partial charge in [-0.15, -0.1) is 0 Å². The minimum absolute atomic E-state index is 0.519. The van der Waals surface area contributed by atoms with Crippen molar-refractivity contribution in [2.75, 3.05) is 0 Å². The lowest BCUT2D eigenvalue weighted by molar-refractivity contribution is 0.776. The largest absolute Gasteiger partial charge is 0.266 e. The lowest BCUT2D eigenvalue weighted by Gasteiger charge is -2.00. The summed E-state index contributed by atoms with van der Waals surface area (Å²) in [6, 6.07) is 9.89. The van der Waals surface area contributed by atoms with Gasteiger partial charge >= 0.3 is 0 Å². The van der Waals surface area contributed by atoms with Crippen LogP contribution >= 0.6 is 27.5 Å². The first-order chi connectivity index (χ1) is 6.66. The molecule has 0 saturated heterocycles. The quantitative estimate of drug-likeness (QED) is 0.776. The zero-order valence-electron chi connectivity index (χ0n) is 7.54. The Morgan fingerprint density at radius 2 is 1.93 bits per heavy atom. The average Bonchev–Trinajstić information content (AvgIpc) is 2.47. The minimum Gasteiger partial charge on any atom is -0.266 e. The molecule has 2 aromatic rings. The highest BCUT2D eigenvalue weighted by Gasteiger charge is 2.04. The van der Waals surface area contributed by atoms with Crippen LogP contribution in [0.25, 0.3) is 11.3 Å². The number of nitrogens with zero attached hydrogens (tertiary/aromatic N) is 2. The third-order valence-corrected chi connectivity index (χ3v) is 2.70. The zero-order chi connectivity index (χ0) is 10.1. The molecule has 0 atom stereocenters. The van der Waals surface area contributed by atoms with E-state index in [1.165, 1.54) is 0 Å². The molecule has 4 heteroatoms. The normalized spacial score (nSPS) is 10.5. The summed E-state index contributed by atoms with van der Waals surface area (Å²) in [4.78, 5) is 0. The summed E-state index contributed by atoms with van der Waals surface area (Å²) in [5.41, 5.74) is 2.12. The van der Waals surface area contributed by atoms with Gasteiger partial charge < -0.3 is 0 Å². The molecule has 0 saturated carbocycles. The fraction of sp³-hybridized carbons (Fsp3) is 0.100. The molecule has 2 nitrogen and oxygen atoms in total. The number of aromatic nitrogens is 2. The van der Waals surface area contributed by atoms with Gasteiger partial charge in [0.1, 0.15) is 0 Å². The van der Waals surface area contributed by atoms with E-state index in [2.05, 4.69) is 21.0 Å². The number of halogens is 2. The molecule has 0 bridgehead atoms. The summed E-state index contributed by atoms with van der Waals surface area (Å²) >= 11 is 9.20. The van der Waals surface area contributed by atoms with Gasteiger partial charge in [0.25, 0.3) is 0 Å². The second kappa shape index (κ2) is 3.75. The van der Waals surface area contributed by atoms with Gasteiger partial charge in [0, 0.05) is 17.6 Å². The number of benzene rings is 1. The van der Waals surface area contributed by atoms with Crippen molar-refractivity contribution < 1.29 is 0 Å². The van der Waals surface area contributed by atoms with E-state index < -0.39 is 0 Å². The topological polar surface area (TPSA) is 17.8 Å². The van der Waals surface area contributed by atoms with Crippen LogP contribution in [0.3, 0.4) is 0 Å². The Hall–Kier alpha value is -0.800. The van der Waals surface area contributed by atoms with Crippen molar-refractivity contribution in [3.8, 4) is 11.3 Å². The van der Waals surface area contributed by atoms with Gasteiger partial charge in [0.2, 0.25) is 0 Å². The van der Waals surface area contributed by atoms with Crippen LogP contribution in [0.1, 0.15) is 0 Å². The molecule has 0 spiro atoms. The van der Waals surface area contributed by atoms with E-state index in [-0.39, 0.29) is 0 Å². The van der Waals surface area contributed by atoms with Crippen molar-refractivity contribution >= 4 is 27.5 Å². The molecule has 2 rings (SSSR count). The standard InChI is InChI=1S/C10H8BrClN2/c1-14-9(6-10(12)13-14)7-2-4-8(11)5-3-7/h2-6H,1H3. The first-order valence-electron chi connectivity index (χ1n) is 4.12. The molecule has 0 aliphatic heterocycles. The summed E-state index contributed by atoms with van der Waals surface area (Å²) in [6.45, 7) is 0. The highest BCUT2D eigenvalue weighted by Crippen LogP contribution is 2.23. The molecule has 0 N–H and O–H groups in total. The highest BCUT2D eigenvalue weighted by atomic mass is 79.9. The summed E-state index contributed by atoms with van der Waals surface area (Å²) in [5.74, 6) is 0. The van der Waals surface area contributed by atoms with Gasteiger partial charge in [-0.1, -0.05) is 39.7 Å². The second-order valence-corrected chi connectivity index (χ2v) is 4.29. The lowest BCUT2D eigenvalue weighted by Crippen LogP contribution is -1.92. The Balaban J connectivity index is 2.49. The fourth-order valence-electron chi connectivity index (χ4n) is 1.32. The van der Waals surface area contributed by atoms with Crippen LogP contribution in [0.2, 0.25) is 5.15 Å². The van der Waals surface area contributed by atoms with Crippen LogP contribution in [0.4, 0.5) is 0 Å². The molecule has 0 amide bonds. The van der Waals surface area contributed by atoms with Crippen molar-refractivity contribution in [1.82, 2.24) is 9.78 Å². The van der Waals surface area contributed by atoms with Crippen LogP contribution in [0.15, 0.2) is 34.8 Å². The summed E-state index contributed by atoms with van der Waals surface area (Å²) in [6.07, 6.45) is 0. The predicted molar refractivity (Wildman–Crippen MR) is 61.4 cm³/mol. The lowest BCUT2D eigenvalue weighted by atomic mass is 10.1. The van der Waals surface area contributed by atoms with E-state index in [4.69, 9.17) is 11.6 Å². The van der Waals surface area contributed by atoms with E-state index in [0.717, 1.165) is 15.7 Å². The molecule has 1 aromatic carbocycles. The summed E-state index contributed by atoms with van der Waals surface area (Å²) < 4.78 is 2.83. The van der Waals surface area contributed by atoms with Gasteiger partial charge in [-0.05, 0) is 17.7 Å². The number of aryl methyl sites for hydroxylation is 1. The van der Waals surface area contributed by atoms with Gasteiger partial charge in [-0.25, -0.2) is 0 Å². The van der Waals surface area contributed by atoms with Gasteiger partial charge in [0.15, 0.2) is 5.15 Å². The van der Waals surface area contributed by atoms with E-state index in [0.29, 0.717) is 5.15 Å². The second-order valence-electron chi connectivity index (χ2n) is 2.98. The van der Waals surface area contributed by atoms with Gasteiger partial charge in [-0.3, -0.25) is 4.68 Å². The van der Waals surface area contributed by atoms with Crippen LogP contribution in [0, 0.1) is 0 Å². The molecular formula is C10H8BrClN2. The molecule has 14 heavy (non-hydrogen) atoms. The SMILES string of the molecule is Cn1nc(Cl)cc1-c1ccc(Br)cc1. The van der Waals surface area contributed by atoms with Crippen LogP contribution in [-0.4, -0.2) is 9.78 Å². The third kappa shape index (κ3) is 1.83. The average molecular weight is 272 g/mol. The molecule has 0 fully saturated rings. The maximum atomic E-state index is 5.81. The maximum Gasteiger partial charge on any atom is 0.151 e. The summed E-state index contributed by atoms with van der Waals surface area (Å²) in [5, 5.41) is 4.60. The zero-order valence-corrected chi connectivity index (χ0v) is 9.88. The molecule has 0 aliphatic rings. The fourth-order valence-corrected chi connectivity index (χ4v) is 1.80. The Morgan fingerprint density at radius 1 is 1.29 bits per heavy atom. The first-order valence-corrected chi connectivity index (χ1v) is 5.29. The van der Waals surface area contributed by atoms with E-state index in [1.54, 1.807) is 4.68 Å². The van der Waals surface area contributed by atoms with Crippen molar-refractivity contribution in [3.05, 3.63) is 40.0 Å². The molecule has 0 aliphatic carbocycles. The van der Waals surface area contributed by atoms with Crippen molar-refractivity contribution in [3.63, 3.8) is 0 Å². The van der Waals surface area contributed by atoms with Crippen molar-refractivity contribution in [2.45, 2.75) is 0 Å². The first kappa shape index (κ1) is 9.74. The Morgan fingerprint density at radius 3 is 2.43 bits per heavy atom. The Bertz CT molecular complexity index is 448. The molecule has 1 heterocycles. The van der Waals surface area contributed by atoms with Crippen LogP contribution < -0.4 is 0 Å². The van der Waals surface area contributed by atoms with Crippen molar-refractivity contribution in [2.24, 2.45) is 7.05 Å². The monoisotopic (exact) mass is 270 g/mol. The number of rotatable bonds is 1. The van der Waals surface area contributed by atoms with E-state index in [1.807, 2.05) is 37.4 Å².